The molecule has 2 rings (SSSR count). The second-order valence-electron chi connectivity index (χ2n) is 5.74. The Bertz CT molecular complexity index is 735. The number of benzene rings is 2. The molecule has 0 fully saturated rings. The van der Waals surface area contributed by atoms with Crippen molar-refractivity contribution in [1.82, 2.24) is 5.32 Å². The molecule has 0 aliphatic rings. The molecule has 0 saturated carbocycles. The lowest BCUT2D eigenvalue weighted by molar-refractivity contribution is 0.135. The molecule has 2 aromatic carbocycles. The van der Waals surface area contributed by atoms with Gasteiger partial charge in [0.2, 0.25) is 5.75 Å². The summed E-state index contributed by atoms with van der Waals surface area (Å²) >= 11 is 0. The van der Waals surface area contributed by atoms with E-state index in [0.29, 0.717) is 23.7 Å². The molecule has 0 aromatic heterocycles. The zero-order chi connectivity index (χ0) is 19.6. The lowest BCUT2D eigenvalue weighted by atomic mass is 10.0. The first-order valence-corrected chi connectivity index (χ1v) is 8.51. The van der Waals surface area contributed by atoms with Crippen LogP contribution >= 0.6 is 0 Å². The van der Waals surface area contributed by atoms with Crippen LogP contribution in [0.3, 0.4) is 0 Å². The molecule has 1 unspecified atom stereocenters. The second-order valence-corrected chi connectivity index (χ2v) is 5.74. The van der Waals surface area contributed by atoms with Crippen molar-refractivity contribution >= 4 is 6.09 Å². The Kier molecular flexibility index (Phi) is 7.55. The van der Waals surface area contributed by atoms with Crippen LogP contribution in [-0.2, 0) is 11.3 Å². The van der Waals surface area contributed by atoms with Crippen LogP contribution in [0.25, 0.3) is 0 Å². The molecule has 2 aromatic rings. The van der Waals surface area contributed by atoms with Crippen molar-refractivity contribution in [3.05, 3.63) is 66.2 Å². The highest BCUT2D eigenvalue weighted by atomic mass is 16.5. The Morgan fingerprint density at radius 3 is 2.22 bits per heavy atom. The highest BCUT2D eigenvalue weighted by Crippen LogP contribution is 2.40. The first kappa shape index (κ1) is 20.2. The lowest BCUT2D eigenvalue weighted by Crippen LogP contribution is -2.29. The summed E-state index contributed by atoms with van der Waals surface area (Å²) < 4.78 is 21.4. The van der Waals surface area contributed by atoms with Crippen molar-refractivity contribution in [2.75, 3.05) is 21.3 Å². The molecule has 1 atom stereocenters. The Labute approximate surface area is 159 Å². The van der Waals surface area contributed by atoms with Crippen LogP contribution in [0, 0.1) is 0 Å². The van der Waals surface area contributed by atoms with Crippen LogP contribution in [0.15, 0.2) is 55.1 Å². The van der Waals surface area contributed by atoms with Crippen molar-refractivity contribution in [1.29, 1.82) is 0 Å². The Morgan fingerprint density at radius 2 is 1.70 bits per heavy atom. The monoisotopic (exact) mass is 371 g/mol. The summed E-state index contributed by atoms with van der Waals surface area (Å²) in [4.78, 5) is 12.3. The van der Waals surface area contributed by atoms with Gasteiger partial charge in [-0.2, -0.15) is 0 Å². The number of alkyl carbamates (subject to hydrolysis) is 1. The van der Waals surface area contributed by atoms with Crippen molar-refractivity contribution in [2.24, 2.45) is 0 Å². The van der Waals surface area contributed by atoms with Gasteiger partial charge in [-0.25, -0.2) is 4.79 Å². The van der Waals surface area contributed by atoms with Gasteiger partial charge in [0.05, 0.1) is 27.4 Å². The van der Waals surface area contributed by atoms with E-state index in [4.69, 9.17) is 18.9 Å². The van der Waals surface area contributed by atoms with Crippen molar-refractivity contribution < 1.29 is 23.7 Å². The van der Waals surface area contributed by atoms with E-state index in [1.165, 1.54) is 0 Å². The summed E-state index contributed by atoms with van der Waals surface area (Å²) in [5.74, 6) is 1.52. The topological polar surface area (TPSA) is 66.0 Å². The van der Waals surface area contributed by atoms with E-state index in [1.54, 1.807) is 39.5 Å². The maximum Gasteiger partial charge on any atom is 0.407 e. The molecule has 0 aliphatic heterocycles. The lowest BCUT2D eigenvalue weighted by Gasteiger charge is -2.20. The van der Waals surface area contributed by atoms with Gasteiger partial charge in [0, 0.05) is 0 Å². The normalized spacial score (nSPS) is 11.2. The van der Waals surface area contributed by atoms with Gasteiger partial charge in [-0.1, -0.05) is 36.4 Å². The number of hydrogen-bond donors (Lipinski definition) is 1. The number of amides is 1. The van der Waals surface area contributed by atoms with Gasteiger partial charge >= 0.3 is 6.09 Å². The summed E-state index contributed by atoms with van der Waals surface area (Å²) in [5.41, 5.74) is 1.71. The summed E-state index contributed by atoms with van der Waals surface area (Å²) in [6.45, 7) is 3.96. The fraction of sp³-hybridized carbons (Fsp3) is 0.286. The predicted octanol–water partition coefficient (Wildman–Crippen LogP) is 4.26. The van der Waals surface area contributed by atoms with E-state index in [0.717, 1.165) is 11.1 Å². The van der Waals surface area contributed by atoms with E-state index >= 15 is 0 Å². The van der Waals surface area contributed by atoms with Crippen LogP contribution in [0.4, 0.5) is 4.79 Å². The van der Waals surface area contributed by atoms with Gasteiger partial charge in [0.25, 0.3) is 0 Å². The highest BCUT2D eigenvalue weighted by Gasteiger charge is 2.20. The summed E-state index contributed by atoms with van der Waals surface area (Å²) in [6.07, 6.45) is 1.73. The molecule has 1 N–H and O–H groups in total. The quantitative estimate of drug-likeness (QED) is 0.667. The maximum absolute atomic E-state index is 12.3. The van der Waals surface area contributed by atoms with Crippen molar-refractivity contribution in [3.63, 3.8) is 0 Å². The third-order valence-electron chi connectivity index (χ3n) is 4.00. The molecule has 0 radical (unpaired) electrons. The average Bonchev–Trinajstić information content (AvgIpc) is 2.71. The number of carbonyl (C=O) groups is 1. The number of carbonyl (C=O) groups excluding carboxylic acids is 1. The fourth-order valence-corrected chi connectivity index (χ4v) is 2.65. The van der Waals surface area contributed by atoms with Crippen LogP contribution in [0.2, 0.25) is 0 Å². The van der Waals surface area contributed by atoms with Gasteiger partial charge in [-0.05, 0) is 29.7 Å². The van der Waals surface area contributed by atoms with E-state index in [-0.39, 0.29) is 12.6 Å². The zero-order valence-electron chi connectivity index (χ0n) is 15.9. The molecular weight excluding hydrogens is 346 g/mol. The van der Waals surface area contributed by atoms with Gasteiger partial charge in [0.1, 0.15) is 6.61 Å². The second kappa shape index (κ2) is 10.1. The summed E-state index contributed by atoms with van der Waals surface area (Å²) in [6, 6.07) is 12.7. The Balaban J connectivity index is 2.16. The summed E-state index contributed by atoms with van der Waals surface area (Å²) in [5, 5.41) is 2.86. The molecular formula is C21H25NO5. The first-order chi connectivity index (χ1) is 13.1. The van der Waals surface area contributed by atoms with Crippen LogP contribution in [0.1, 0.15) is 23.6 Å². The van der Waals surface area contributed by atoms with E-state index in [2.05, 4.69) is 11.9 Å². The standard InChI is InChI=1S/C21H25NO5/c1-5-9-17(22-21(23)27-14-15-10-7-6-8-11-15)16-12-18(24-2)20(26-4)19(13-16)25-3/h5-8,10-13,17H,1,9,14H2,2-4H3,(H,22,23). The molecule has 27 heavy (non-hydrogen) atoms. The molecule has 0 spiro atoms. The average molecular weight is 371 g/mol. The Morgan fingerprint density at radius 1 is 1.07 bits per heavy atom. The van der Waals surface area contributed by atoms with Crippen LogP contribution in [-0.4, -0.2) is 27.4 Å². The molecule has 144 valence electrons. The van der Waals surface area contributed by atoms with E-state index in [1.807, 2.05) is 30.3 Å². The third kappa shape index (κ3) is 5.41. The van der Waals surface area contributed by atoms with Gasteiger partial charge in [0.15, 0.2) is 11.5 Å². The molecule has 1 amide bonds. The third-order valence-corrected chi connectivity index (χ3v) is 4.00. The van der Waals surface area contributed by atoms with E-state index < -0.39 is 6.09 Å². The molecule has 0 bridgehead atoms. The number of methoxy groups -OCH3 is 3. The summed E-state index contributed by atoms with van der Waals surface area (Å²) in [7, 11) is 4.64. The van der Waals surface area contributed by atoms with Crippen molar-refractivity contribution in [2.45, 2.75) is 19.1 Å². The van der Waals surface area contributed by atoms with Gasteiger partial charge in [-0.3, -0.25) is 0 Å². The molecule has 6 heteroatoms. The minimum atomic E-state index is -0.514. The fourth-order valence-electron chi connectivity index (χ4n) is 2.65. The number of rotatable bonds is 9. The minimum absolute atomic E-state index is 0.197. The minimum Gasteiger partial charge on any atom is -0.493 e. The van der Waals surface area contributed by atoms with Crippen LogP contribution in [0.5, 0.6) is 17.2 Å². The molecule has 6 nitrogen and oxygen atoms in total. The molecule has 0 aliphatic carbocycles. The van der Waals surface area contributed by atoms with Gasteiger partial charge in [-0.15, -0.1) is 6.58 Å². The van der Waals surface area contributed by atoms with Crippen molar-refractivity contribution in [3.8, 4) is 17.2 Å². The van der Waals surface area contributed by atoms with E-state index in [9.17, 15) is 4.79 Å². The zero-order valence-corrected chi connectivity index (χ0v) is 15.9. The first-order valence-electron chi connectivity index (χ1n) is 8.51. The predicted molar refractivity (Wildman–Crippen MR) is 103 cm³/mol. The number of ether oxygens (including phenoxy) is 4. The smallest absolute Gasteiger partial charge is 0.407 e. The Hall–Kier alpha value is -3.15. The van der Waals surface area contributed by atoms with Gasteiger partial charge < -0.3 is 24.3 Å². The SMILES string of the molecule is C=CCC(NC(=O)OCc1ccccc1)c1cc(OC)c(OC)c(OC)c1. The molecule has 0 heterocycles. The van der Waals surface area contributed by atoms with Crippen LogP contribution < -0.4 is 19.5 Å². The maximum atomic E-state index is 12.3. The largest absolute Gasteiger partial charge is 0.493 e. The highest BCUT2D eigenvalue weighted by molar-refractivity contribution is 5.68. The molecule has 0 saturated heterocycles. The number of nitrogens with one attached hydrogen (secondary N) is 1. The number of hydrogen-bond acceptors (Lipinski definition) is 5.